The van der Waals surface area contributed by atoms with Crippen LogP contribution in [0.3, 0.4) is 0 Å². The molecule has 3 N–H and O–H groups in total. The molecule has 8 heteroatoms. The van der Waals surface area contributed by atoms with E-state index in [2.05, 4.69) is 16.9 Å². The first-order chi connectivity index (χ1) is 14.4. The van der Waals surface area contributed by atoms with Crippen LogP contribution in [0.15, 0.2) is 46.4 Å². The number of anilines is 1. The SMILES string of the molecule is C=C(C)Cn1c(SCC(=O)Nc2ccccc2O)[nH+]c2sc3c(c2c1=O)CCCC3. The van der Waals surface area contributed by atoms with Crippen molar-refractivity contribution < 1.29 is 14.9 Å². The summed E-state index contributed by atoms with van der Waals surface area (Å²) in [6.45, 7) is 6.25. The Morgan fingerprint density at radius 1 is 1.33 bits per heavy atom. The van der Waals surface area contributed by atoms with E-state index < -0.39 is 0 Å². The summed E-state index contributed by atoms with van der Waals surface area (Å²) in [6.07, 6.45) is 4.24. The zero-order valence-corrected chi connectivity index (χ0v) is 18.4. The number of aryl methyl sites for hydroxylation is 2. The van der Waals surface area contributed by atoms with Gasteiger partial charge in [0.25, 0.3) is 0 Å². The van der Waals surface area contributed by atoms with Gasteiger partial charge in [0.1, 0.15) is 17.7 Å². The smallest absolute Gasteiger partial charge is 0.347 e. The third-order valence-corrected chi connectivity index (χ3v) is 7.25. The Kier molecular flexibility index (Phi) is 5.97. The van der Waals surface area contributed by atoms with Crippen LogP contribution in [0.25, 0.3) is 10.2 Å². The molecule has 0 atom stereocenters. The maximum Gasteiger partial charge on any atom is 0.347 e. The Balaban J connectivity index is 1.64. The van der Waals surface area contributed by atoms with Gasteiger partial charge in [-0.15, -0.1) is 0 Å². The number of phenolic OH excluding ortho intramolecular Hbond substituents is 1. The van der Waals surface area contributed by atoms with E-state index >= 15 is 0 Å². The first-order valence-corrected chi connectivity index (χ1v) is 11.7. The number of nitrogens with one attached hydrogen (secondary N) is 2. The first kappa shape index (κ1) is 20.7. The van der Waals surface area contributed by atoms with Gasteiger partial charge in [0, 0.05) is 4.88 Å². The number of hydrogen-bond acceptors (Lipinski definition) is 5. The fourth-order valence-corrected chi connectivity index (χ4v) is 5.86. The predicted octanol–water partition coefficient (Wildman–Crippen LogP) is 3.77. The molecular formula is C22H24N3O3S2+. The minimum atomic E-state index is -0.255. The van der Waals surface area contributed by atoms with E-state index in [1.807, 2.05) is 6.92 Å². The highest BCUT2D eigenvalue weighted by molar-refractivity contribution is 7.99. The summed E-state index contributed by atoms with van der Waals surface area (Å²) in [5.41, 5.74) is 2.41. The van der Waals surface area contributed by atoms with Crippen molar-refractivity contribution in [2.45, 2.75) is 44.3 Å². The first-order valence-electron chi connectivity index (χ1n) is 9.89. The number of amides is 1. The van der Waals surface area contributed by atoms with Crippen molar-refractivity contribution in [1.82, 2.24) is 4.57 Å². The molecule has 0 saturated carbocycles. The lowest BCUT2D eigenvalue weighted by molar-refractivity contribution is -0.404. The van der Waals surface area contributed by atoms with Crippen LogP contribution in [0.5, 0.6) is 5.75 Å². The van der Waals surface area contributed by atoms with Crippen LogP contribution < -0.4 is 15.9 Å². The van der Waals surface area contributed by atoms with Gasteiger partial charge in [0.15, 0.2) is 4.83 Å². The maximum atomic E-state index is 13.4. The van der Waals surface area contributed by atoms with Crippen molar-refractivity contribution in [1.29, 1.82) is 0 Å². The summed E-state index contributed by atoms with van der Waals surface area (Å²) in [7, 11) is 0. The molecule has 1 amide bonds. The molecule has 2 aromatic heterocycles. The number of carbonyl (C=O) groups is 1. The highest BCUT2D eigenvalue weighted by atomic mass is 32.2. The molecule has 2 heterocycles. The molecule has 30 heavy (non-hydrogen) atoms. The maximum absolute atomic E-state index is 13.4. The van der Waals surface area contributed by atoms with Crippen LogP contribution in [0.2, 0.25) is 0 Å². The minimum absolute atomic E-state index is 0.0187. The highest BCUT2D eigenvalue weighted by Gasteiger charge is 2.27. The summed E-state index contributed by atoms with van der Waals surface area (Å²) in [5, 5.41) is 14.0. The molecule has 3 aromatic rings. The van der Waals surface area contributed by atoms with Crippen molar-refractivity contribution in [2.24, 2.45) is 0 Å². The normalized spacial score (nSPS) is 13.2. The van der Waals surface area contributed by atoms with Gasteiger partial charge in [-0.05, 0) is 67.6 Å². The molecule has 156 valence electrons. The molecule has 0 bridgehead atoms. The lowest BCUT2D eigenvalue weighted by Crippen LogP contribution is -2.31. The number of nitrogens with zero attached hydrogens (tertiary/aromatic N) is 1. The Labute approximate surface area is 182 Å². The summed E-state index contributed by atoms with van der Waals surface area (Å²) in [5.74, 6) is -0.126. The second-order valence-electron chi connectivity index (χ2n) is 7.55. The number of allylic oxidation sites excluding steroid dienone is 1. The molecule has 4 rings (SSSR count). The Hall–Kier alpha value is -2.58. The molecule has 0 aliphatic heterocycles. The molecule has 0 fully saturated rings. The number of carbonyl (C=O) groups excluding carboxylic acids is 1. The number of phenols is 1. The van der Waals surface area contributed by atoms with E-state index in [9.17, 15) is 14.7 Å². The molecule has 0 unspecified atom stereocenters. The summed E-state index contributed by atoms with van der Waals surface area (Å²) in [4.78, 5) is 31.4. The molecule has 1 aliphatic carbocycles. The third-order valence-electron chi connectivity index (χ3n) is 5.04. The Morgan fingerprint density at radius 2 is 2.10 bits per heavy atom. The zero-order valence-electron chi connectivity index (χ0n) is 16.8. The lowest BCUT2D eigenvalue weighted by atomic mass is 9.97. The number of H-pyrrole nitrogens is 1. The fourth-order valence-electron chi connectivity index (χ4n) is 3.70. The molecular weight excluding hydrogens is 418 g/mol. The molecule has 0 spiro atoms. The van der Waals surface area contributed by atoms with Crippen LogP contribution in [0, 0.1) is 0 Å². The van der Waals surface area contributed by atoms with Gasteiger partial charge < -0.3 is 10.4 Å². The third kappa shape index (κ3) is 4.15. The van der Waals surface area contributed by atoms with Gasteiger partial charge in [-0.1, -0.05) is 30.0 Å². The molecule has 0 radical (unpaired) electrons. The highest BCUT2D eigenvalue weighted by Crippen LogP contribution is 2.33. The topological polar surface area (TPSA) is 85.5 Å². The number of fused-ring (bicyclic) bond motifs is 3. The number of thiophene rings is 1. The van der Waals surface area contributed by atoms with E-state index in [-0.39, 0.29) is 23.0 Å². The van der Waals surface area contributed by atoms with E-state index in [4.69, 9.17) is 0 Å². The monoisotopic (exact) mass is 442 g/mol. The van der Waals surface area contributed by atoms with Crippen molar-refractivity contribution in [3.63, 3.8) is 0 Å². The zero-order chi connectivity index (χ0) is 21.3. The van der Waals surface area contributed by atoms with E-state index in [0.717, 1.165) is 41.5 Å². The Morgan fingerprint density at radius 3 is 2.87 bits per heavy atom. The van der Waals surface area contributed by atoms with E-state index in [0.29, 0.717) is 17.4 Å². The van der Waals surface area contributed by atoms with Crippen LogP contribution in [0.4, 0.5) is 5.69 Å². The number of aromatic hydroxyl groups is 1. The number of thioether (sulfide) groups is 1. The van der Waals surface area contributed by atoms with Crippen LogP contribution >= 0.6 is 23.1 Å². The van der Waals surface area contributed by atoms with Crippen molar-refractivity contribution in [2.75, 3.05) is 11.1 Å². The molecule has 1 aromatic carbocycles. The minimum Gasteiger partial charge on any atom is -0.506 e. The quantitative estimate of drug-likeness (QED) is 0.263. The molecule has 0 saturated heterocycles. The number of rotatable bonds is 6. The van der Waals surface area contributed by atoms with Gasteiger partial charge >= 0.3 is 10.7 Å². The van der Waals surface area contributed by atoms with Crippen LogP contribution in [0.1, 0.15) is 30.2 Å². The van der Waals surface area contributed by atoms with E-state index in [1.165, 1.54) is 28.3 Å². The predicted molar refractivity (Wildman–Crippen MR) is 122 cm³/mol. The fraction of sp³-hybridized carbons (Fsp3) is 0.318. The largest absolute Gasteiger partial charge is 0.506 e. The average molecular weight is 443 g/mol. The summed E-state index contributed by atoms with van der Waals surface area (Å²) in [6, 6.07) is 6.60. The van der Waals surface area contributed by atoms with Gasteiger partial charge in [-0.2, -0.15) is 4.57 Å². The number of aromatic amines is 1. The van der Waals surface area contributed by atoms with Gasteiger partial charge in [0.2, 0.25) is 5.91 Å². The summed E-state index contributed by atoms with van der Waals surface area (Å²) < 4.78 is 1.68. The van der Waals surface area contributed by atoms with Gasteiger partial charge in [0.05, 0.1) is 11.4 Å². The van der Waals surface area contributed by atoms with Crippen molar-refractivity contribution >= 4 is 44.9 Å². The van der Waals surface area contributed by atoms with Crippen LogP contribution in [-0.2, 0) is 24.2 Å². The second kappa shape index (κ2) is 8.65. The van der Waals surface area contributed by atoms with Gasteiger partial charge in [-0.3, -0.25) is 4.79 Å². The second-order valence-corrected chi connectivity index (χ2v) is 9.62. The summed E-state index contributed by atoms with van der Waals surface area (Å²) >= 11 is 2.93. The van der Waals surface area contributed by atoms with Crippen LogP contribution in [-0.4, -0.2) is 21.3 Å². The Bertz CT molecular complexity index is 1200. The number of hydrogen-bond donors (Lipinski definition) is 2. The molecule has 6 nitrogen and oxygen atoms in total. The standard InChI is InChI=1S/C22H23N3O3S2/c1-13(2)11-25-21(28)19-14-7-3-6-10-17(14)30-20(19)24-22(25)29-12-18(27)23-15-8-4-5-9-16(15)26/h4-5,8-9,26H,1,3,6-7,10-12H2,2H3,(H,23,27)/p+1. The van der Waals surface area contributed by atoms with E-state index in [1.54, 1.807) is 34.1 Å². The number of aromatic nitrogens is 2. The van der Waals surface area contributed by atoms with Crippen molar-refractivity contribution in [3.05, 3.63) is 57.2 Å². The van der Waals surface area contributed by atoms with Crippen molar-refractivity contribution in [3.8, 4) is 5.75 Å². The van der Waals surface area contributed by atoms with Gasteiger partial charge in [-0.25, -0.2) is 9.78 Å². The number of benzene rings is 1. The lowest BCUT2D eigenvalue weighted by Gasteiger charge is -2.10. The number of para-hydroxylation sites is 2. The molecule has 1 aliphatic rings. The average Bonchev–Trinajstić information content (AvgIpc) is 3.09.